The molecular formula is C13H8O4S. The summed E-state index contributed by atoms with van der Waals surface area (Å²) in [7, 11) is -4.50. The van der Waals surface area contributed by atoms with Crippen molar-refractivity contribution < 1.29 is 17.8 Å². The Morgan fingerprint density at radius 3 is 2.33 bits per heavy atom. The van der Waals surface area contributed by atoms with E-state index in [0.29, 0.717) is 11.1 Å². The molecule has 1 aliphatic rings. The molecule has 0 aromatic heterocycles. The average Bonchev–Trinajstić information content (AvgIpc) is 2.32. The van der Waals surface area contributed by atoms with E-state index in [1.807, 2.05) is 12.1 Å². The van der Waals surface area contributed by atoms with Crippen LogP contribution in [0.3, 0.4) is 0 Å². The fourth-order valence-electron chi connectivity index (χ4n) is 2.21. The van der Waals surface area contributed by atoms with Crippen molar-refractivity contribution >= 4 is 32.7 Å². The smallest absolute Gasteiger partial charge is 0.288 e. The van der Waals surface area contributed by atoms with Crippen LogP contribution in [0.4, 0.5) is 0 Å². The molecule has 0 spiro atoms. The average molecular weight is 260 g/mol. The number of ketones is 1. The van der Waals surface area contributed by atoms with E-state index in [2.05, 4.69) is 0 Å². The van der Waals surface area contributed by atoms with Crippen LogP contribution in [-0.2, 0) is 10.1 Å². The maximum atomic E-state index is 12.0. The van der Waals surface area contributed by atoms with Crippen molar-refractivity contribution in [2.45, 2.75) is 0 Å². The minimum Gasteiger partial charge on any atom is -0.288 e. The Kier molecular flexibility index (Phi) is 2.17. The molecule has 0 saturated heterocycles. The molecule has 0 saturated carbocycles. The van der Waals surface area contributed by atoms with Crippen LogP contribution in [-0.4, -0.2) is 18.8 Å². The first-order valence-electron chi connectivity index (χ1n) is 5.24. The van der Waals surface area contributed by atoms with Gasteiger partial charge in [-0.3, -0.25) is 9.35 Å². The van der Waals surface area contributed by atoms with Crippen LogP contribution < -0.4 is 0 Å². The van der Waals surface area contributed by atoms with E-state index < -0.39 is 20.8 Å². The van der Waals surface area contributed by atoms with Gasteiger partial charge in [0.2, 0.25) is 5.78 Å². The van der Waals surface area contributed by atoms with Gasteiger partial charge in [-0.05, 0) is 17.0 Å². The maximum absolute atomic E-state index is 12.0. The quantitative estimate of drug-likeness (QED) is 0.798. The van der Waals surface area contributed by atoms with Crippen molar-refractivity contribution in [1.29, 1.82) is 0 Å². The van der Waals surface area contributed by atoms with Crippen LogP contribution in [0, 0.1) is 0 Å². The van der Waals surface area contributed by atoms with E-state index in [-0.39, 0.29) is 0 Å². The normalized spacial score (nSPS) is 14.7. The van der Waals surface area contributed by atoms with Gasteiger partial charge in [-0.25, -0.2) is 0 Å². The molecule has 0 aliphatic heterocycles. The number of rotatable bonds is 1. The molecule has 1 aliphatic carbocycles. The zero-order chi connectivity index (χ0) is 12.9. The molecule has 18 heavy (non-hydrogen) atoms. The van der Waals surface area contributed by atoms with E-state index in [0.717, 1.165) is 10.8 Å². The Balaban J connectivity index is 2.47. The molecule has 0 bridgehead atoms. The predicted octanol–water partition coefficient (Wildman–Crippen LogP) is 2.26. The molecule has 0 heterocycles. The van der Waals surface area contributed by atoms with E-state index in [1.54, 1.807) is 24.3 Å². The summed E-state index contributed by atoms with van der Waals surface area (Å²) >= 11 is 0. The van der Waals surface area contributed by atoms with Gasteiger partial charge in [0.25, 0.3) is 10.1 Å². The molecule has 2 aromatic carbocycles. The molecule has 1 N–H and O–H groups in total. The first kappa shape index (κ1) is 11.1. The van der Waals surface area contributed by atoms with Crippen molar-refractivity contribution in [2.24, 2.45) is 0 Å². The number of hydrogen-bond donors (Lipinski definition) is 1. The number of benzene rings is 2. The second-order valence-corrected chi connectivity index (χ2v) is 5.45. The van der Waals surface area contributed by atoms with Gasteiger partial charge in [0.1, 0.15) is 4.91 Å². The van der Waals surface area contributed by atoms with Crippen LogP contribution >= 0.6 is 0 Å². The Morgan fingerprint density at radius 2 is 1.67 bits per heavy atom. The number of carbonyl (C=O) groups is 1. The predicted molar refractivity (Wildman–Crippen MR) is 67.8 cm³/mol. The zero-order valence-corrected chi connectivity index (χ0v) is 9.94. The third kappa shape index (κ3) is 1.48. The molecule has 0 fully saturated rings. The summed E-state index contributed by atoms with van der Waals surface area (Å²) < 4.78 is 31.5. The fraction of sp³-hybridized carbons (Fsp3) is 0. The topological polar surface area (TPSA) is 71.4 Å². The minimum atomic E-state index is -4.50. The molecule has 0 amide bonds. The Hall–Kier alpha value is -1.98. The third-order valence-corrected chi connectivity index (χ3v) is 3.83. The zero-order valence-electron chi connectivity index (χ0n) is 9.12. The Bertz CT molecular complexity index is 811. The minimum absolute atomic E-state index is 0.304. The van der Waals surface area contributed by atoms with Gasteiger partial charge < -0.3 is 0 Å². The lowest BCUT2D eigenvalue weighted by Crippen LogP contribution is -2.16. The maximum Gasteiger partial charge on any atom is 0.298 e. The van der Waals surface area contributed by atoms with Crippen molar-refractivity contribution in [3.63, 3.8) is 0 Å². The lowest BCUT2D eigenvalue weighted by atomic mass is 9.92. The van der Waals surface area contributed by atoms with Crippen LogP contribution in [0.25, 0.3) is 16.8 Å². The number of carbonyl (C=O) groups excluding carboxylic acids is 1. The summed E-state index contributed by atoms with van der Waals surface area (Å²) in [6, 6.07) is 10.4. The molecule has 4 nitrogen and oxygen atoms in total. The summed E-state index contributed by atoms with van der Waals surface area (Å²) in [5, 5.41) is 1.58. The van der Waals surface area contributed by atoms with Crippen LogP contribution in [0.5, 0.6) is 0 Å². The highest BCUT2D eigenvalue weighted by atomic mass is 32.2. The lowest BCUT2D eigenvalue weighted by molar-refractivity contribution is 0.104. The van der Waals surface area contributed by atoms with Crippen molar-refractivity contribution in [3.05, 3.63) is 52.4 Å². The van der Waals surface area contributed by atoms with Crippen LogP contribution in [0.1, 0.15) is 15.9 Å². The van der Waals surface area contributed by atoms with Crippen molar-refractivity contribution in [1.82, 2.24) is 0 Å². The molecule has 0 unspecified atom stereocenters. The second-order valence-electron chi connectivity index (χ2n) is 4.06. The SMILES string of the molecule is O=C1C(S(=O)(=O)O)=Cc2cccc3cccc1c23. The van der Waals surface area contributed by atoms with Gasteiger partial charge in [0.05, 0.1) is 0 Å². The van der Waals surface area contributed by atoms with Gasteiger partial charge in [-0.1, -0.05) is 36.4 Å². The van der Waals surface area contributed by atoms with Gasteiger partial charge in [-0.15, -0.1) is 0 Å². The first-order valence-corrected chi connectivity index (χ1v) is 6.68. The van der Waals surface area contributed by atoms with E-state index >= 15 is 0 Å². The summed E-state index contributed by atoms with van der Waals surface area (Å²) in [5.41, 5.74) is 0.925. The summed E-state index contributed by atoms with van der Waals surface area (Å²) in [6.07, 6.45) is 1.22. The summed E-state index contributed by atoms with van der Waals surface area (Å²) in [6.45, 7) is 0. The number of allylic oxidation sites excluding steroid dienone is 1. The Labute approximate surface area is 103 Å². The molecule has 0 radical (unpaired) electrons. The number of hydrogen-bond acceptors (Lipinski definition) is 3. The Morgan fingerprint density at radius 1 is 1.00 bits per heavy atom. The molecule has 0 atom stereocenters. The van der Waals surface area contributed by atoms with E-state index in [1.165, 1.54) is 6.08 Å². The monoisotopic (exact) mass is 260 g/mol. The van der Waals surface area contributed by atoms with Gasteiger partial charge in [-0.2, -0.15) is 8.42 Å². The largest absolute Gasteiger partial charge is 0.298 e. The number of Topliss-reactive ketones (excluding diaryl/α,β-unsaturated/α-hetero) is 1. The van der Waals surface area contributed by atoms with Crippen LogP contribution in [0.2, 0.25) is 0 Å². The second kappa shape index (κ2) is 3.51. The standard InChI is InChI=1S/C13H8O4S/c14-13-10-6-2-4-8-3-1-5-9(12(8)10)7-11(13)18(15,16)17/h1-7H,(H,15,16,17). The van der Waals surface area contributed by atoms with Crippen molar-refractivity contribution in [3.8, 4) is 0 Å². The van der Waals surface area contributed by atoms with Gasteiger partial charge in [0.15, 0.2) is 0 Å². The molecule has 3 rings (SSSR count). The van der Waals surface area contributed by atoms with Crippen molar-refractivity contribution in [2.75, 3.05) is 0 Å². The summed E-state index contributed by atoms with van der Waals surface area (Å²) in [5.74, 6) is -0.665. The van der Waals surface area contributed by atoms with Gasteiger partial charge >= 0.3 is 0 Å². The molecule has 90 valence electrons. The summed E-state index contributed by atoms with van der Waals surface area (Å²) in [4.78, 5) is 11.5. The fourth-order valence-corrected chi connectivity index (χ4v) is 2.83. The van der Waals surface area contributed by atoms with Gasteiger partial charge in [0, 0.05) is 10.9 Å². The highest BCUT2D eigenvalue weighted by Gasteiger charge is 2.29. The van der Waals surface area contributed by atoms with E-state index in [9.17, 15) is 13.2 Å². The molecular weight excluding hydrogens is 252 g/mol. The first-order chi connectivity index (χ1) is 8.48. The molecule has 2 aromatic rings. The highest BCUT2D eigenvalue weighted by Crippen LogP contribution is 2.32. The lowest BCUT2D eigenvalue weighted by Gasteiger charge is -2.14. The van der Waals surface area contributed by atoms with Crippen LogP contribution in [0.15, 0.2) is 41.3 Å². The third-order valence-electron chi connectivity index (χ3n) is 2.97. The molecule has 5 heteroatoms. The highest BCUT2D eigenvalue weighted by molar-refractivity contribution is 7.91. The van der Waals surface area contributed by atoms with E-state index in [4.69, 9.17) is 4.55 Å².